The van der Waals surface area contributed by atoms with E-state index >= 15 is 0 Å². The van der Waals surface area contributed by atoms with Gasteiger partial charge in [-0.15, -0.1) is 0 Å². The summed E-state index contributed by atoms with van der Waals surface area (Å²) in [6.45, 7) is 5.14. The summed E-state index contributed by atoms with van der Waals surface area (Å²) in [5, 5.41) is 7.19. The molecule has 0 saturated heterocycles. The molecule has 0 aromatic carbocycles. The van der Waals surface area contributed by atoms with E-state index in [1.807, 2.05) is 7.05 Å². The molecule has 1 aromatic rings. The highest BCUT2D eigenvalue weighted by atomic mass is 16.2. The number of nitrogens with two attached hydrogens (primary N) is 1. The van der Waals surface area contributed by atoms with Gasteiger partial charge in [0.1, 0.15) is 6.33 Å². The number of rotatable bonds is 9. The van der Waals surface area contributed by atoms with E-state index in [2.05, 4.69) is 29.2 Å². The van der Waals surface area contributed by atoms with Crippen LogP contribution in [-0.4, -0.2) is 33.8 Å². The lowest BCUT2D eigenvalue weighted by Gasteiger charge is -2.30. The second kappa shape index (κ2) is 7.99. The summed E-state index contributed by atoms with van der Waals surface area (Å²) in [4.78, 5) is 16.6. The van der Waals surface area contributed by atoms with Gasteiger partial charge in [0, 0.05) is 26.6 Å². The maximum atomic E-state index is 12.4. The van der Waals surface area contributed by atoms with Crippen LogP contribution in [0.1, 0.15) is 45.4 Å². The highest BCUT2D eigenvalue weighted by Gasteiger charge is 2.34. The van der Waals surface area contributed by atoms with Crippen molar-refractivity contribution in [1.82, 2.24) is 20.1 Å². The molecule has 0 radical (unpaired) electrons. The van der Waals surface area contributed by atoms with E-state index in [9.17, 15) is 4.79 Å². The minimum Gasteiger partial charge on any atom is -0.355 e. The molecule has 6 heteroatoms. The molecular formula is C14H27N5O. The number of nitrogens with one attached hydrogen (secondary N) is 1. The second-order valence-corrected chi connectivity index (χ2v) is 5.32. The lowest BCUT2D eigenvalue weighted by Crippen LogP contribution is -2.46. The molecule has 0 aliphatic carbocycles. The highest BCUT2D eigenvalue weighted by Crippen LogP contribution is 2.28. The van der Waals surface area contributed by atoms with Crippen LogP contribution in [0.25, 0.3) is 0 Å². The zero-order chi connectivity index (χ0) is 15.0. The van der Waals surface area contributed by atoms with Gasteiger partial charge in [-0.2, -0.15) is 5.10 Å². The Labute approximate surface area is 121 Å². The van der Waals surface area contributed by atoms with Crippen molar-refractivity contribution in [3.8, 4) is 0 Å². The van der Waals surface area contributed by atoms with Crippen molar-refractivity contribution in [2.75, 3.05) is 13.1 Å². The van der Waals surface area contributed by atoms with E-state index in [-0.39, 0.29) is 5.91 Å². The van der Waals surface area contributed by atoms with Crippen LogP contribution in [0.3, 0.4) is 0 Å². The molecule has 20 heavy (non-hydrogen) atoms. The monoisotopic (exact) mass is 281 g/mol. The van der Waals surface area contributed by atoms with Gasteiger partial charge < -0.3 is 11.1 Å². The lowest BCUT2D eigenvalue weighted by molar-refractivity contribution is -0.131. The van der Waals surface area contributed by atoms with Gasteiger partial charge in [-0.1, -0.05) is 26.7 Å². The fraction of sp³-hybridized carbons (Fsp3) is 0.786. The van der Waals surface area contributed by atoms with Crippen LogP contribution < -0.4 is 11.1 Å². The van der Waals surface area contributed by atoms with Gasteiger partial charge in [0.25, 0.3) is 0 Å². The van der Waals surface area contributed by atoms with Gasteiger partial charge in [-0.3, -0.25) is 9.48 Å². The molecule has 0 aliphatic rings. The third-order valence-electron chi connectivity index (χ3n) is 3.61. The average molecular weight is 281 g/mol. The maximum Gasteiger partial charge on any atom is 0.227 e. The number of carbonyl (C=O) groups excluding carboxylic acids is 1. The molecule has 3 N–H and O–H groups in total. The van der Waals surface area contributed by atoms with Crippen LogP contribution in [0, 0.1) is 5.41 Å². The number of aromatic nitrogens is 3. The SMILES string of the molecule is CCCC(CN)(CCC)C(=O)NCCc1ncn(C)n1. The second-order valence-electron chi connectivity index (χ2n) is 5.32. The summed E-state index contributed by atoms with van der Waals surface area (Å²) in [6, 6.07) is 0. The van der Waals surface area contributed by atoms with Gasteiger partial charge in [0.15, 0.2) is 5.82 Å². The first-order valence-corrected chi connectivity index (χ1v) is 7.41. The van der Waals surface area contributed by atoms with Crippen LogP contribution in [0.4, 0.5) is 0 Å². The summed E-state index contributed by atoms with van der Waals surface area (Å²) >= 11 is 0. The van der Waals surface area contributed by atoms with Crippen molar-refractivity contribution >= 4 is 5.91 Å². The van der Waals surface area contributed by atoms with E-state index in [0.717, 1.165) is 31.5 Å². The van der Waals surface area contributed by atoms with E-state index in [1.165, 1.54) is 0 Å². The Balaban J connectivity index is 2.53. The van der Waals surface area contributed by atoms with Crippen molar-refractivity contribution in [2.45, 2.75) is 46.0 Å². The van der Waals surface area contributed by atoms with E-state index in [1.54, 1.807) is 11.0 Å². The number of hydrogen-bond donors (Lipinski definition) is 2. The van der Waals surface area contributed by atoms with Crippen LogP contribution in [0.2, 0.25) is 0 Å². The molecule has 1 heterocycles. The Hall–Kier alpha value is -1.43. The standard InChI is InChI=1S/C14H27N5O/c1-4-7-14(10-15,8-5-2)13(20)16-9-6-12-17-11-19(3)18-12/h11H,4-10,15H2,1-3H3,(H,16,20). The molecule has 1 amide bonds. The zero-order valence-electron chi connectivity index (χ0n) is 12.9. The van der Waals surface area contributed by atoms with Gasteiger partial charge >= 0.3 is 0 Å². The predicted octanol–water partition coefficient (Wildman–Crippen LogP) is 1.02. The molecule has 0 spiro atoms. The van der Waals surface area contributed by atoms with Crippen molar-refractivity contribution < 1.29 is 4.79 Å². The van der Waals surface area contributed by atoms with E-state index < -0.39 is 5.41 Å². The average Bonchev–Trinajstić information content (AvgIpc) is 2.84. The Kier molecular flexibility index (Phi) is 6.64. The molecule has 0 atom stereocenters. The minimum absolute atomic E-state index is 0.0691. The summed E-state index contributed by atoms with van der Waals surface area (Å²) in [5.74, 6) is 0.816. The number of nitrogens with zero attached hydrogens (tertiary/aromatic N) is 3. The third kappa shape index (κ3) is 4.30. The molecule has 6 nitrogen and oxygen atoms in total. The summed E-state index contributed by atoms with van der Waals surface area (Å²) in [6.07, 6.45) is 5.91. The Bertz CT molecular complexity index is 409. The van der Waals surface area contributed by atoms with E-state index in [4.69, 9.17) is 5.73 Å². The van der Waals surface area contributed by atoms with Crippen LogP contribution in [0.5, 0.6) is 0 Å². The Morgan fingerprint density at radius 1 is 1.40 bits per heavy atom. The van der Waals surface area contributed by atoms with Crippen molar-refractivity contribution in [1.29, 1.82) is 0 Å². The number of amides is 1. The van der Waals surface area contributed by atoms with Gasteiger partial charge in [-0.25, -0.2) is 4.98 Å². The number of aryl methyl sites for hydroxylation is 1. The molecule has 0 fully saturated rings. The largest absolute Gasteiger partial charge is 0.355 e. The zero-order valence-corrected chi connectivity index (χ0v) is 12.9. The molecule has 0 aliphatic heterocycles. The van der Waals surface area contributed by atoms with Crippen LogP contribution >= 0.6 is 0 Å². The van der Waals surface area contributed by atoms with Gasteiger partial charge in [0.05, 0.1) is 5.41 Å². The highest BCUT2D eigenvalue weighted by molar-refractivity contribution is 5.82. The van der Waals surface area contributed by atoms with Crippen LogP contribution in [0.15, 0.2) is 6.33 Å². The smallest absolute Gasteiger partial charge is 0.227 e. The van der Waals surface area contributed by atoms with Crippen molar-refractivity contribution in [3.63, 3.8) is 0 Å². The Morgan fingerprint density at radius 2 is 2.05 bits per heavy atom. The molecule has 114 valence electrons. The summed E-state index contributed by atoms with van der Waals surface area (Å²) in [7, 11) is 1.83. The maximum absolute atomic E-state index is 12.4. The van der Waals surface area contributed by atoms with Crippen molar-refractivity contribution in [3.05, 3.63) is 12.2 Å². The van der Waals surface area contributed by atoms with Crippen molar-refractivity contribution in [2.24, 2.45) is 18.2 Å². The first-order chi connectivity index (χ1) is 9.57. The topological polar surface area (TPSA) is 85.8 Å². The predicted molar refractivity (Wildman–Crippen MR) is 79.0 cm³/mol. The third-order valence-corrected chi connectivity index (χ3v) is 3.61. The van der Waals surface area contributed by atoms with Crippen LogP contribution in [-0.2, 0) is 18.3 Å². The Morgan fingerprint density at radius 3 is 2.50 bits per heavy atom. The summed E-state index contributed by atoms with van der Waals surface area (Å²) in [5.41, 5.74) is 5.46. The summed E-state index contributed by atoms with van der Waals surface area (Å²) < 4.78 is 1.66. The molecular weight excluding hydrogens is 254 g/mol. The van der Waals surface area contributed by atoms with E-state index in [0.29, 0.717) is 19.5 Å². The van der Waals surface area contributed by atoms with Gasteiger partial charge in [0.2, 0.25) is 5.91 Å². The lowest BCUT2D eigenvalue weighted by atomic mass is 9.78. The number of hydrogen-bond acceptors (Lipinski definition) is 4. The molecule has 1 rings (SSSR count). The molecule has 0 unspecified atom stereocenters. The first-order valence-electron chi connectivity index (χ1n) is 7.41. The minimum atomic E-state index is -0.416. The quantitative estimate of drug-likeness (QED) is 0.707. The normalized spacial score (nSPS) is 11.6. The van der Waals surface area contributed by atoms with Gasteiger partial charge in [-0.05, 0) is 12.8 Å². The fourth-order valence-corrected chi connectivity index (χ4v) is 2.58. The molecule has 0 bridgehead atoms. The molecule has 1 aromatic heterocycles. The molecule has 0 saturated carbocycles. The fourth-order valence-electron chi connectivity index (χ4n) is 2.58. The first kappa shape index (κ1) is 16.6. The number of carbonyl (C=O) groups is 1.